The third-order valence-corrected chi connectivity index (χ3v) is 7.57. The zero-order valence-corrected chi connectivity index (χ0v) is 18.8. The number of anilines is 2. The first-order chi connectivity index (χ1) is 16.0. The van der Waals surface area contributed by atoms with Crippen LogP contribution in [0.25, 0.3) is 11.2 Å². The van der Waals surface area contributed by atoms with E-state index in [1.165, 1.54) is 19.2 Å². The van der Waals surface area contributed by atoms with Crippen LogP contribution in [0.2, 0.25) is 0 Å². The van der Waals surface area contributed by atoms with E-state index >= 15 is 0 Å². The number of nitrogens with zero attached hydrogens (tertiary/aromatic N) is 5. The molecule has 2 fully saturated rings. The van der Waals surface area contributed by atoms with E-state index in [1.54, 1.807) is 4.57 Å². The highest BCUT2D eigenvalue weighted by Gasteiger charge is 2.48. The number of imidazole rings is 1. The molecule has 1 atom stereocenters. The van der Waals surface area contributed by atoms with Crippen LogP contribution in [-0.4, -0.2) is 50.5 Å². The van der Waals surface area contributed by atoms with Gasteiger partial charge in [0.15, 0.2) is 17.0 Å². The predicted molar refractivity (Wildman–Crippen MR) is 124 cm³/mol. The van der Waals surface area contributed by atoms with Crippen molar-refractivity contribution < 1.29 is 9.59 Å². The van der Waals surface area contributed by atoms with Gasteiger partial charge in [0, 0.05) is 31.9 Å². The highest BCUT2D eigenvalue weighted by atomic mass is 16.2. The zero-order valence-electron chi connectivity index (χ0n) is 18.8. The molecular formula is C24H27N7O2. The van der Waals surface area contributed by atoms with Gasteiger partial charge in [0.2, 0.25) is 11.7 Å². The second-order valence-electron chi connectivity index (χ2n) is 9.53. The lowest BCUT2D eigenvalue weighted by molar-refractivity contribution is -0.121. The maximum Gasteiger partial charge on any atom is 0.287 e. The predicted octanol–water partition coefficient (Wildman–Crippen LogP) is 2.38. The Labute approximate surface area is 191 Å². The quantitative estimate of drug-likeness (QED) is 0.639. The Balaban J connectivity index is 1.28. The third kappa shape index (κ3) is 3.09. The minimum absolute atomic E-state index is 0.0813. The van der Waals surface area contributed by atoms with Gasteiger partial charge < -0.3 is 20.1 Å². The van der Waals surface area contributed by atoms with Crippen LogP contribution in [0.1, 0.15) is 48.8 Å². The molecular weight excluding hydrogens is 418 g/mol. The maximum absolute atomic E-state index is 12.9. The van der Waals surface area contributed by atoms with Crippen molar-refractivity contribution in [3.63, 3.8) is 0 Å². The van der Waals surface area contributed by atoms with Crippen LogP contribution in [0.15, 0.2) is 30.6 Å². The number of rotatable bonds is 4. The number of hydrogen-bond acceptors (Lipinski definition) is 6. The first-order valence-electron chi connectivity index (χ1n) is 11.6. The zero-order chi connectivity index (χ0) is 22.7. The smallest absolute Gasteiger partial charge is 0.287 e. The standard InChI is InChI=1S/C24H27N7O2/c1-14(15-7-8-15)27-22(32)21-29-18-19(30(21)2)25-13-26-20(18)31-11-9-24(10-12-31)16-5-3-4-6-17(16)28-23(24)33/h3-6,13-15H,7-12H2,1-2H3,(H,27,32)(H,28,33). The second-order valence-corrected chi connectivity index (χ2v) is 9.53. The van der Waals surface area contributed by atoms with E-state index < -0.39 is 5.41 Å². The van der Waals surface area contributed by atoms with Crippen molar-refractivity contribution in [3.8, 4) is 0 Å². The number of carbonyl (C=O) groups excluding carboxylic acids is 2. The molecule has 1 aliphatic carbocycles. The molecule has 2 aromatic heterocycles. The van der Waals surface area contributed by atoms with E-state index in [0.29, 0.717) is 54.7 Å². The summed E-state index contributed by atoms with van der Waals surface area (Å²) in [5.74, 6) is 1.52. The first kappa shape index (κ1) is 20.1. The Bertz CT molecular complexity index is 1270. The van der Waals surface area contributed by atoms with E-state index in [4.69, 9.17) is 0 Å². The van der Waals surface area contributed by atoms with E-state index in [2.05, 4.69) is 36.6 Å². The lowest BCUT2D eigenvalue weighted by Gasteiger charge is -2.38. The highest BCUT2D eigenvalue weighted by molar-refractivity contribution is 6.06. The number of para-hydroxylation sites is 1. The fourth-order valence-electron chi connectivity index (χ4n) is 5.38. The molecule has 1 aromatic carbocycles. The Hall–Kier alpha value is -3.49. The van der Waals surface area contributed by atoms with Crippen molar-refractivity contribution in [2.75, 3.05) is 23.3 Å². The van der Waals surface area contributed by atoms with E-state index in [-0.39, 0.29) is 17.9 Å². The molecule has 170 valence electrons. The van der Waals surface area contributed by atoms with Gasteiger partial charge in [0.1, 0.15) is 6.33 Å². The minimum Gasteiger partial charge on any atom is -0.355 e. The fraction of sp³-hybridized carbons (Fsp3) is 0.458. The SMILES string of the molecule is CC(NC(=O)c1nc2c(N3CCC4(CC3)C(=O)Nc3ccccc34)ncnc2n1C)C1CC1. The molecule has 2 N–H and O–H groups in total. The van der Waals surface area contributed by atoms with Crippen LogP contribution in [0.4, 0.5) is 11.5 Å². The Morgan fingerprint density at radius 2 is 1.97 bits per heavy atom. The third-order valence-electron chi connectivity index (χ3n) is 7.57. The van der Waals surface area contributed by atoms with Gasteiger partial charge in [-0.05, 0) is 50.2 Å². The van der Waals surface area contributed by atoms with Crippen LogP contribution in [0.3, 0.4) is 0 Å². The number of nitrogens with one attached hydrogen (secondary N) is 2. The van der Waals surface area contributed by atoms with Gasteiger partial charge in [0.05, 0.1) is 5.41 Å². The minimum atomic E-state index is -0.493. The number of hydrogen-bond donors (Lipinski definition) is 2. The molecule has 33 heavy (non-hydrogen) atoms. The molecule has 6 rings (SSSR count). The molecule has 1 spiro atoms. The van der Waals surface area contributed by atoms with Gasteiger partial charge in [-0.25, -0.2) is 15.0 Å². The summed E-state index contributed by atoms with van der Waals surface area (Å²) >= 11 is 0. The summed E-state index contributed by atoms with van der Waals surface area (Å²) in [7, 11) is 1.81. The summed E-state index contributed by atoms with van der Waals surface area (Å²) in [6.07, 6.45) is 5.24. The molecule has 3 aromatic rings. The number of aromatic nitrogens is 4. The summed E-state index contributed by atoms with van der Waals surface area (Å²) < 4.78 is 1.74. The number of piperidine rings is 1. The van der Waals surface area contributed by atoms with Crippen molar-refractivity contribution in [2.45, 2.75) is 44.1 Å². The lowest BCUT2D eigenvalue weighted by Crippen LogP contribution is -2.46. The summed E-state index contributed by atoms with van der Waals surface area (Å²) in [6.45, 7) is 3.39. The summed E-state index contributed by atoms with van der Waals surface area (Å²) in [5.41, 5.74) is 2.77. The number of fused-ring (bicyclic) bond motifs is 3. The van der Waals surface area contributed by atoms with Crippen LogP contribution in [0.5, 0.6) is 0 Å². The van der Waals surface area contributed by atoms with Gasteiger partial charge in [-0.1, -0.05) is 18.2 Å². The Kier molecular flexibility index (Phi) is 4.43. The molecule has 1 saturated carbocycles. The van der Waals surface area contributed by atoms with Gasteiger partial charge in [0.25, 0.3) is 5.91 Å². The van der Waals surface area contributed by atoms with Gasteiger partial charge in [-0.15, -0.1) is 0 Å². The normalized spacial score (nSPS) is 20.1. The summed E-state index contributed by atoms with van der Waals surface area (Å²) in [5, 5.41) is 6.13. The van der Waals surface area contributed by atoms with Gasteiger partial charge in [-0.2, -0.15) is 0 Å². The first-order valence-corrected chi connectivity index (χ1v) is 11.6. The van der Waals surface area contributed by atoms with Crippen molar-refractivity contribution in [2.24, 2.45) is 13.0 Å². The molecule has 2 aliphatic heterocycles. The Morgan fingerprint density at radius 1 is 1.21 bits per heavy atom. The molecule has 2 amide bonds. The highest BCUT2D eigenvalue weighted by Crippen LogP contribution is 2.45. The fourth-order valence-corrected chi connectivity index (χ4v) is 5.38. The van der Waals surface area contributed by atoms with Crippen LogP contribution >= 0.6 is 0 Å². The molecule has 0 radical (unpaired) electrons. The van der Waals surface area contributed by atoms with Gasteiger partial charge in [-0.3, -0.25) is 9.59 Å². The molecule has 9 heteroatoms. The lowest BCUT2D eigenvalue weighted by atomic mass is 9.73. The summed E-state index contributed by atoms with van der Waals surface area (Å²) in [4.78, 5) is 41.5. The van der Waals surface area contributed by atoms with Crippen LogP contribution in [-0.2, 0) is 17.3 Å². The van der Waals surface area contributed by atoms with Crippen molar-refractivity contribution >= 4 is 34.5 Å². The van der Waals surface area contributed by atoms with Gasteiger partial charge >= 0.3 is 0 Å². The number of carbonyl (C=O) groups is 2. The molecule has 0 bridgehead atoms. The molecule has 1 unspecified atom stereocenters. The number of amides is 2. The monoisotopic (exact) mass is 445 g/mol. The van der Waals surface area contributed by atoms with Crippen molar-refractivity contribution in [3.05, 3.63) is 42.0 Å². The van der Waals surface area contributed by atoms with Crippen molar-refractivity contribution in [1.82, 2.24) is 24.8 Å². The second kappa shape index (κ2) is 7.26. The van der Waals surface area contributed by atoms with Crippen molar-refractivity contribution in [1.29, 1.82) is 0 Å². The number of aryl methyl sites for hydroxylation is 1. The number of benzene rings is 1. The average Bonchev–Trinajstić information content (AvgIpc) is 3.58. The molecule has 3 aliphatic rings. The average molecular weight is 446 g/mol. The van der Waals surface area contributed by atoms with Crippen LogP contribution < -0.4 is 15.5 Å². The largest absolute Gasteiger partial charge is 0.355 e. The molecule has 4 heterocycles. The van der Waals surface area contributed by atoms with Crippen LogP contribution in [0, 0.1) is 5.92 Å². The summed E-state index contributed by atoms with van der Waals surface area (Å²) in [6, 6.07) is 8.10. The molecule has 9 nitrogen and oxygen atoms in total. The van der Waals surface area contributed by atoms with E-state index in [9.17, 15) is 9.59 Å². The van der Waals surface area contributed by atoms with E-state index in [1.807, 2.05) is 32.2 Å². The maximum atomic E-state index is 12.9. The topological polar surface area (TPSA) is 105 Å². The Morgan fingerprint density at radius 3 is 2.73 bits per heavy atom. The molecule has 1 saturated heterocycles. The van der Waals surface area contributed by atoms with E-state index in [0.717, 1.165) is 11.3 Å².